The van der Waals surface area contributed by atoms with E-state index in [4.69, 9.17) is 0 Å². The predicted molar refractivity (Wildman–Crippen MR) is 97.8 cm³/mol. The zero-order chi connectivity index (χ0) is 16.9. The van der Waals surface area contributed by atoms with Crippen LogP contribution in [0.3, 0.4) is 0 Å². The Balaban J connectivity index is 1.41. The maximum atomic E-state index is 12.6. The second kappa shape index (κ2) is 5.89. The van der Waals surface area contributed by atoms with Crippen LogP contribution >= 0.6 is 0 Å². The molecule has 2 heteroatoms. The van der Waals surface area contributed by atoms with Crippen LogP contribution in [-0.4, -0.2) is 11.9 Å². The van der Waals surface area contributed by atoms with Gasteiger partial charge in [0, 0.05) is 6.04 Å². The molecule has 4 aliphatic rings. The predicted octanol–water partition coefficient (Wildman–Crippen LogP) is 4.57. The number of rotatable bonds is 4. The summed E-state index contributed by atoms with van der Waals surface area (Å²) in [6.07, 6.45) is 8.95. The number of aryl methyl sites for hydroxylation is 2. The molecule has 1 aromatic carbocycles. The molecule has 1 aromatic rings. The summed E-state index contributed by atoms with van der Waals surface area (Å²) < 4.78 is 0. The number of nitrogens with one attached hydrogen (secondary N) is 1. The van der Waals surface area contributed by atoms with E-state index in [1.807, 2.05) is 0 Å². The van der Waals surface area contributed by atoms with Crippen molar-refractivity contribution in [3.8, 4) is 0 Å². The Morgan fingerprint density at radius 1 is 1.08 bits per heavy atom. The largest absolute Gasteiger partial charge is 0.353 e. The van der Waals surface area contributed by atoms with Gasteiger partial charge in [-0.3, -0.25) is 4.79 Å². The van der Waals surface area contributed by atoms with Crippen molar-refractivity contribution in [3.63, 3.8) is 0 Å². The molecule has 1 N–H and O–H groups in total. The summed E-state index contributed by atoms with van der Waals surface area (Å²) in [5.41, 5.74) is 4.09. The topological polar surface area (TPSA) is 29.1 Å². The highest BCUT2D eigenvalue weighted by molar-refractivity contribution is 5.79. The van der Waals surface area contributed by atoms with Crippen LogP contribution in [0.1, 0.15) is 62.1 Å². The Bertz CT molecular complexity index is 612. The second-order valence-electron chi connectivity index (χ2n) is 9.16. The van der Waals surface area contributed by atoms with Crippen molar-refractivity contribution >= 4 is 5.91 Å². The van der Waals surface area contributed by atoms with Gasteiger partial charge in [-0.2, -0.15) is 0 Å². The summed E-state index contributed by atoms with van der Waals surface area (Å²) in [5, 5.41) is 3.38. The number of hydrogen-bond acceptors (Lipinski definition) is 1. The Hall–Kier alpha value is -1.31. The van der Waals surface area contributed by atoms with Gasteiger partial charge in [0.1, 0.15) is 0 Å². The SMILES string of the molecule is Cc1ccc(CC(=O)N[C@H](C)C23CC4CC(CC(C4)C2)C3)cc1C. The molecule has 4 saturated carbocycles. The quantitative estimate of drug-likeness (QED) is 0.863. The van der Waals surface area contributed by atoms with Crippen LogP contribution < -0.4 is 5.32 Å². The van der Waals surface area contributed by atoms with Crippen LogP contribution in [0.15, 0.2) is 18.2 Å². The molecule has 2 nitrogen and oxygen atoms in total. The molecule has 0 unspecified atom stereocenters. The van der Waals surface area contributed by atoms with Crippen molar-refractivity contribution in [2.45, 2.75) is 71.8 Å². The first-order valence-corrected chi connectivity index (χ1v) is 9.79. The lowest BCUT2D eigenvalue weighted by molar-refractivity contribution is -0.125. The van der Waals surface area contributed by atoms with Crippen LogP contribution in [0, 0.1) is 37.0 Å². The Morgan fingerprint density at radius 2 is 1.67 bits per heavy atom. The lowest BCUT2D eigenvalue weighted by atomic mass is 9.48. The highest BCUT2D eigenvalue weighted by atomic mass is 16.1. The first-order chi connectivity index (χ1) is 11.4. The zero-order valence-electron chi connectivity index (χ0n) is 15.4. The standard InChI is InChI=1S/C22H31NO/c1-14-4-5-17(6-15(14)2)10-21(24)23-16(3)22-11-18-7-19(12-22)9-20(8-18)13-22/h4-6,16,18-20H,7-13H2,1-3H3,(H,23,24)/t16-,18?,19?,20?,22?/m1/s1. The van der Waals surface area contributed by atoms with Crippen molar-refractivity contribution < 1.29 is 4.79 Å². The highest BCUT2D eigenvalue weighted by Crippen LogP contribution is 2.61. The third-order valence-corrected chi connectivity index (χ3v) is 7.32. The summed E-state index contributed by atoms with van der Waals surface area (Å²) in [7, 11) is 0. The molecule has 0 radical (unpaired) electrons. The van der Waals surface area contributed by atoms with E-state index < -0.39 is 0 Å². The monoisotopic (exact) mass is 325 g/mol. The number of carbonyl (C=O) groups is 1. The first kappa shape index (κ1) is 16.2. The minimum Gasteiger partial charge on any atom is -0.353 e. The van der Waals surface area contributed by atoms with Crippen molar-refractivity contribution in [2.24, 2.45) is 23.2 Å². The number of hydrogen-bond donors (Lipinski definition) is 1. The smallest absolute Gasteiger partial charge is 0.224 e. The Kier molecular flexibility index (Phi) is 3.97. The lowest BCUT2D eigenvalue weighted by Gasteiger charge is -2.59. The maximum Gasteiger partial charge on any atom is 0.224 e. The molecule has 4 aliphatic carbocycles. The summed E-state index contributed by atoms with van der Waals surface area (Å²) in [5.74, 6) is 3.02. The van der Waals surface area contributed by atoms with E-state index in [-0.39, 0.29) is 5.91 Å². The summed E-state index contributed by atoms with van der Waals surface area (Å²) in [6, 6.07) is 6.70. The fraction of sp³-hybridized carbons (Fsp3) is 0.682. The van der Waals surface area contributed by atoms with Crippen LogP contribution in [0.2, 0.25) is 0 Å². The van der Waals surface area contributed by atoms with Gasteiger partial charge in [-0.15, -0.1) is 0 Å². The van der Waals surface area contributed by atoms with E-state index in [2.05, 4.69) is 44.3 Å². The van der Waals surface area contributed by atoms with Gasteiger partial charge in [-0.25, -0.2) is 0 Å². The molecule has 5 rings (SSSR count). The van der Waals surface area contributed by atoms with E-state index in [0.717, 1.165) is 23.3 Å². The second-order valence-corrected chi connectivity index (χ2v) is 9.16. The summed E-state index contributed by atoms with van der Waals surface area (Å²) in [6.45, 7) is 6.51. The van der Waals surface area contributed by atoms with E-state index in [9.17, 15) is 4.79 Å². The van der Waals surface area contributed by atoms with Crippen LogP contribution in [0.4, 0.5) is 0 Å². The lowest BCUT2D eigenvalue weighted by Crippen LogP contribution is -2.56. The van der Waals surface area contributed by atoms with E-state index in [1.165, 1.54) is 49.7 Å². The van der Waals surface area contributed by atoms with Gasteiger partial charge >= 0.3 is 0 Å². The number of amides is 1. The van der Waals surface area contributed by atoms with E-state index in [0.29, 0.717) is 17.9 Å². The normalized spacial score (nSPS) is 35.0. The molecule has 0 aliphatic heterocycles. The van der Waals surface area contributed by atoms with Crippen molar-refractivity contribution in [2.75, 3.05) is 0 Å². The summed E-state index contributed by atoms with van der Waals surface area (Å²) >= 11 is 0. The van der Waals surface area contributed by atoms with Gasteiger partial charge in [-0.05, 0) is 99.2 Å². The fourth-order valence-electron chi connectivity index (χ4n) is 6.25. The highest BCUT2D eigenvalue weighted by Gasteiger charge is 2.53. The average molecular weight is 325 g/mol. The molecule has 4 fully saturated rings. The van der Waals surface area contributed by atoms with E-state index in [1.54, 1.807) is 0 Å². The molecule has 0 aromatic heterocycles. The van der Waals surface area contributed by atoms with Crippen molar-refractivity contribution in [3.05, 3.63) is 34.9 Å². The number of benzene rings is 1. The van der Waals surface area contributed by atoms with Crippen LogP contribution in [-0.2, 0) is 11.2 Å². The molecule has 1 atom stereocenters. The molecule has 0 spiro atoms. The molecular weight excluding hydrogens is 294 g/mol. The van der Waals surface area contributed by atoms with Crippen molar-refractivity contribution in [1.82, 2.24) is 5.32 Å². The fourth-order valence-corrected chi connectivity index (χ4v) is 6.25. The van der Waals surface area contributed by atoms with Gasteiger partial charge < -0.3 is 5.32 Å². The molecule has 130 valence electrons. The van der Waals surface area contributed by atoms with Crippen LogP contribution in [0.25, 0.3) is 0 Å². The van der Waals surface area contributed by atoms with Gasteiger partial charge in [0.2, 0.25) is 5.91 Å². The Labute approximate surface area is 146 Å². The van der Waals surface area contributed by atoms with Crippen LogP contribution in [0.5, 0.6) is 0 Å². The molecule has 0 heterocycles. The van der Waals surface area contributed by atoms with Gasteiger partial charge in [-0.1, -0.05) is 18.2 Å². The molecule has 1 amide bonds. The average Bonchev–Trinajstić information content (AvgIpc) is 2.49. The summed E-state index contributed by atoms with van der Waals surface area (Å²) in [4.78, 5) is 12.6. The number of carbonyl (C=O) groups excluding carboxylic acids is 1. The molecule has 0 saturated heterocycles. The molecular formula is C22H31NO. The van der Waals surface area contributed by atoms with E-state index >= 15 is 0 Å². The first-order valence-electron chi connectivity index (χ1n) is 9.79. The Morgan fingerprint density at radius 3 is 2.21 bits per heavy atom. The van der Waals surface area contributed by atoms with Crippen molar-refractivity contribution in [1.29, 1.82) is 0 Å². The minimum absolute atomic E-state index is 0.196. The molecule has 4 bridgehead atoms. The molecule has 24 heavy (non-hydrogen) atoms. The van der Waals surface area contributed by atoms with Gasteiger partial charge in [0.15, 0.2) is 0 Å². The third kappa shape index (κ3) is 2.89. The van der Waals surface area contributed by atoms with Gasteiger partial charge in [0.05, 0.1) is 6.42 Å². The van der Waals surface area contributed by atoms with Gasteiger partial charge in [0.25, 0.3) is 0 Å². The zero-order valence-corrected chi connectivity index (χ0v) is 15.4. The minimum atomic E-state index is 0.196. The third-order valence-electron chi connectivity index (χ3n) is 7.32. The maximum absolute atomic E-state index is 12.6.